The standard InChI is InChI=1S/C20H18INO6S/c1-3-25-15-10-12(8-13(21)18(15)27-11-17(23)26-4-2)9-14-20(24)28-19(22-14)16-6-5-7-29-16/h5-10H,3-4,11H2,1-2H3. The second-order valence-electron chi connectivity index (χ2n) is 5.67. The van der Waals surface area contributed by atoms with Gasteiger partial charge in [-0.2, -0.15) is 0 Å². The van der Waals surface area contributed by atoms with Crippen molar-refractivity contribution in [1.82, 2.24) is 0 Å². The van der Waals surface area contributed by atoms with Crippen LogP contribution in [0.4, 0.5) is 0 Å². The van der Waals surface area contributed by atoms with Crippen molar-refractivity contribution in [3.05, 3.63) is 49.4 Å². The van der Waals surface area contributed by atoms with Crippen LogP contribution in [0, 0.1) is 3.57 Å². The number of hydrogen-bond donors (Lipinski definition) is 0. The number of halogens is 1. The fraction of sp³-hybridized carbons (Fsp3) is 0.250. The Hall–Kier alpha value is -2.40. The number of cyclic esters (lactones) is 1. The van der Waals surface area contributed by atoms with Crippen molar-refractivity contribution in [1.29, 1.82) is 0 Å². The van der Waals surface area contributed by atoms with E-state index in [2.05, 4.69) is 27.6 Å². The zero-order valence-electron chi connectivity index (χ0n) is 15.8. The molecule has 0 saturated heterocycles. The van der Waals surface area contributed by atoms with Crippen molar-refractivity contribution < 1.29 is 28.5 Å². The first-order valence-corrected chi connectivity index (χ1v) is 10.8. The van der Waals surface area contributed by atoms with Gasteiger partial charge in [0.05, 0.1) is 21.7 Å². The summed E-state index contributed by atoms with van der Waals surface area (Å²) in [5.41, 5.74) is 0.899. The summed E-state index contributed by atoms with van der Waals surface area (Å²) in [6.45, 7) is 4.06. The molecule has 0 unspecified atom stereocenters. The lowest BCUT2D eigenvalue weighted by Crippen LogP contribution is -2.15. The van der Waals surface area contributed by atoms with Gasteiger partial charge in [-0.05, 0) is 71.7 Å². The Kier molecular flexibility index (Phi) is 7.26. The second kappa shape index (κ2) is 9.88. The van der Waals surface area contributed by atoms with E-state index in [1.807, 2.05) is 30.5 Å². The SMILES string of the molecule is CCOC(=O)COc1c(I)cc(C=C2N=C(c3cccs3)OC2=O)cc1OCC. The van der Waals surface area contributed by atoms with Gasteiger partial charge < -0.3 is 18.9 Å². The maximum atomic E-state index is 12.2. The van der Waals surface area contributed by atoms with Gasteiger partial charge in [0.15, 0.2) is 23.8 Å². The van der Waals surface area contributed by atoms with E-state index in [0.717, 1.165) is 8.45 Å². The summed E-state index contributed by atoms with van der Waals surface area (Å²) in [5.74, 6) is 0.235. The van der Waals surface area contributed by atoms with Crippen molar-refractivity contribution >= 4 is 57.8 Å². The molecule has 0 N–H and O–H groups in total. The van der Waals surface area contributed by atoms with Gasteiger partial charge in [0, 0.05) is 0 Å². The van der Waals surface area contributed by atoms with Crippen LogP contribution in [0.15, 0.2) is 40.3 Å². The summed E-state index contributed by atoms with van der Waals surface area (Å²) in [6, 6.07) is 7.24. The summed E-state index contributed by atoms with van der Waals surface area (Å²) >= 11 is 3.53. The van der Waals surface area contributed by atoms with Gasteiger partial charge in [-0.3, -0.25) is 0 Å². The Morgan fingerprint density at radius 2 is 2.10 bits per heavy atom. The number of ether oxygens (including phenoxy) is 4. The Labute approximate surface area is 185 Å². The highest BCUT2D eigenvalue weighted by molar-refractivity contribution is 14.1. The molecule has 1 aromatic heterocycles. The fourth-order valence-corrected chi connectivity index (χ4v) is 3.91. The van der Waals surface area contributed by atoms with E-state index in [0.29, 0.717) is 29.6 Å². The molecular weight excluding hydrogens is 509 g/mol. The van der Waals surface area contributed by atoms with Gasteiger partial charge in [0.2, 0.25) is 5.90 Å². The first-order chi connectivity index (χ1) is 14.0. The largest absolute Gasteiger partial charge is 0.490 e. The van der Waals surface area contributed by atoms with E-state index in [1.54, 1.807) is 19.1 Å². The number of benzene rings is 1. The van der Waals surface area contributed by atoms with E-state index in [1.165, 1.54) is 11.3 Å². The van der Waals surface area contributed by atoms with E-state index < -0.39 is 11.9 Å². The number of carbonyl (C=O) groups excluding carboxylic acids is 2. The summed E-state index contributed by atoms with van der Waals surface area (Å²) in [7, 11) is 0. The smallest absolute Gasteiger partial charge is 0.363 e. The molecule has 1 aromatic carbocycles. The molecule has 3 rings (SSSR count). The topological polar surface area (TPSA) is 83.4 Å². The lowest BCUT2D eigenvalue weighted by atomic mass is 10.1. The minimum absolute atomic E-state index is 0.201. The Bertz CT molecular complexity index is 968. The van der Waals surface area contributed by atoms with Crippen LogP contribution < -0.4 is 9.47 Å². The molecule has 0 bridgehead atoms. The third-order valence-electron chi connectivity index (χ3n) is 3.63. The van der Waals surface area contributed by atoms with Crippen molar-refractivity contribution in [2.45, 2.75) is 13.8 Å². The van der Waals surface area contributed by atoms with Crippen LogP contribution in [0.3, 0.4) is 0 Å². The lowest BCUT2D eigenvalue weighted by Gasteiger charge is -2.14. The summed E-state index contributed by atoms with van der Waals surface area (Å²) in [6.07, 6.45) is 1.63. The summed E-state index contributed by atoms with van der Waals surface area (Å²) in [4.78, 5) is 28.9. The number of nitrogens with zero attached hydrogens (tertiary/aromatic N) is 1. The number of thiophene rings is 1. The first-order valence-electron chi connectivity index (χ1n) is 8.83. The third kappa shape index (κ3) is 5.36. The molecule has 2 aromatic rings. The number of esters is 2. The van der Waals surface area contributed by atoms with E-state index in [9.17, 15) is 9.59 Å². The van der Waals surface area contributed by atoms with Crippen LogP contribution in [0.1, 0.15) is 24.3 Å². The van der Waals surface area contributed by atoms with Crippen molar-refractivity contribution in [3.8, 4) is 11.5 Å². The molecular formula is C20H18INO6S. The third-order valence-corrected chi connectivity index (χ3v) is 5.29. The zero-order valence-corrected chi connectivity index (χ0v) is 18.7. The minimum Gasteiger partial charge on any atom is -0.490 e. The van der Waals surface area contributed by atoms with E-state index >= 15 is 0 Å². The highest BCUT2D eigenvalue weighted by Gasteiger charge is 2.25. The Balaban J connectivity index is 1.87. The number of hydrogen-bond acceptors (Lipinski definition) is 8. The molecule has 0 amide bonds. The van der Waals surface area contributed by atoms with Gasteiger partial charge in [0.25, 0.3) is 0 Å². The predicted octanol–water partition coefficient (Wildman–Crippen LogP) is 4.04. The maximum Gasteiger partial charge on any atom is 0.363 e. The summed E-state index contributed by atoms with van der Waals surface area (Å²) in [5, 5.41) is 1.89. The van der Waals surface area contributed by atoms with Gasteiger partial charge >= 0.3 is 11.9 Å². The minimum atomic E-state index is -0.510. The highest BCUT2D eigenvalue weighted by Crippen LogP contribution is 2.35. The van der Waals surface area contributed by atoms with Crippen LogP contribution in [-0.4, -0.2) is 37.7 Å². The average molecular weight is 527 g/mol. The van der Waals surface area contributed by atoms with Crippen molar-refractivity contribution in [2.75, 3.05) is 19.8 Å². The van der Waals surface area contributed by atoms with Gasteiger partial charge in [-0.15, -0.1) is 11.3 Å². The molecule has 0 spiro atoms. The molecule has 1 aliphatic rings. The molecule has 7 nitrogen and oxygen atoms in total. The fourth-order valence-electron chi connectivity index (χ4n) is 2.48. The quantitative estimate of drug-likeness (QED) is 0.293. The van der Waals surface area contributed by atoms with Crippen LogP contribution in [0.5, 0.6) is 11.5 Å². The molecule has 0 fully saturated rings. The Morgan fingerprint density at radius 3 is 2.79 bits per heavy atom. The zero-order chi connectivity index (χ0) is 20.8. The van der Waals surface area contributed by atoms with Crippen LogP contribution in [0.2, 0.25) is 0 Å². The Morgan fingerprint density at radius 1 is 1.28 bits per heavy atom. The molecule has 0 saturated carbocycles. The van der Waals surface area contributed by atoms with Crippen LogP contribution in [0.25, 0.3) is 6.08 Å². The molecule has 0 aliphatic carbocycles. The van der Waals surface area contributed by atoms with E-state index in [4.69, 9.17) is 18.9 Å². The number of carbonyl (C=O) groups is 2. The molecule has 0 atom stereocenters. The normalized spacial score (nSPS) is 14.5. The van der Waals surface area contributed by atoms with Gasteiger partial charge in [0.1, 0.15) is 0 Å². The average Bonchev–Trinajstić information content (AvgIpc) is 3.32. The molecule has 29 heavy (non-hydrogen) atoms. The van der Waals surface area contributed by atoms with Gasteiger partial charge in [-0.25, -0.2) is 14.6 Å². The first kappa shape index (κ1) is 21.3. The van der Waals surface area contributed by atoms with Crippen LogP contribution >= 0.6 is 33.9 Å². The highest BCUT2D eigenvalue weighted by atomic mass is 127. The molecule has 2 heterocycles. The predicted molar refractivity (Wildman–Crippen MR) is 117 cm³/mol. The molecule has 152 valence electrons. The lowest BCUT2D eigenvalue weighted by molar-refractivity contribution is -0.145. The van der Waals surface area contributed by atoms with Gasteiger partial charge in [-0.1, -0.05) is 6.07 Å². The number of aliphatic imine (C=N–C) groups is 1. The molecule has 1 aliphatic heterocycles. The molecule has 9 heteroatoms. The van der Waals surface area contributed by atoms with Crippen molar-refractivity contribution in [2.24, 2.45) is 4.99 Å². The number of rotatable bonds is 8. The maximum absolute atomic E-state index is 12.2. The monoisotopic (exact) mass is 527 g/mol. The second-order valence-corrected chi connectivity index (χ2v) is 7.78. The molecule has 0 radical (unpaired) electrons. The van der Waals surface area contributed by atoms with E-state index in [-0.39, 0.29) is 18.9 Å². The van der Waals surface area contributed by atoms with Crippen molar-refractivity contribution in [3.63, 3.8) is 0 Å². The van der Waals surface area contributed by atoms with Crippen LogP contribution in [-0.2, 0) is 19.1 Å². The summed E-state index contributed by atoms with van der Waals surface area (Å²) < 4.78 is 22.1.